The number of benzene rings is 9. The molecule has 0 atom stereocenters. The minimum absolute atomic E-state index is 0.0523. The fourth-order valence-corrected chi connectivity index (χ4v) is 7.39. The zero-order valence-electron chi connectivity index (χ0n) is 36.0. The van der Waals surface area contributed by atoms with E-state index in [1.54, 1.807) is 12.1 Å². The van der Waals surface area contributed by atoms with E-state index in [1.165, 1.54) is 0 Å². The first-order chi connectivity index (χ1) is 29.7. The second-order valence-corrected chi connectivity index (χ2v) is 13.2. The van der Waals surface area contributed by atoms with Gasteiger partial charge in [0.2, 0.25) is 0 Å². The molecule has 10 aromatic rings. The Morgan fingerprint density at radius 3 is 1.74 bits per heavy atom. The van der Waals surface area contributed by atoms with Crippen LogP contribution in [0.1, 0.15) is 9.60 Å². The van der Waals surface area contributed by atoms with Gasteiger partial charge in [-0.3, -0.25) is 0 Å². The Balaban J connectivity index is 1.12. The molecule has 0 unspecified atom stereocenters. The number of fused-ring (bicyclic) bond motifs is 4. The Hall–Kier alpha value is -7.16. The van der Waals surface area contributed by atoms with Crippen molar-refractivity contribution in [2.45, 2.75) is 0 Å². The van der Waals surface area contributed by atoms with Crippen LogP contribution in [0.2, 0.25) is 0 Å². The maximum absolute atomic E-state index is 8.92. The van der Waals surface area contributed by atoms with Gasteiger partial charge in [-0.25, -0.2) is 0 Å². The summed E-state index contributed by atoms with van der Waals surface area (Å²) in [5, 5.41) is 1.95. The summed E-state index contributed by atoms with van der Waals surface area (Å²) in [5.41, 5.74) is 11.3. The van der Waals surface area contributed by atoms with Crippen LogP contribution in [-0.4, -0.2) is 0 Å². The average Bonchev–Trinajstić information content (AvgIpc) is 3.70. The van der Waals surface area contributed by atoms with Gasteiger partial charge in [0.1, 0.15) is 5.58 Å². The zero-order valence-corrected chi connectivity index (χ0v) is 29.0. The van der Waals surface area contributed by atoms with Gasteiger partial charge in [0, 0.05) is 22.1 Å². The van der Waals surface area contributed by atoms with Crippen LogP contribution in [0, 0.1) is 0 Å². The molecule has 1 aromatic heterocycles. The molecule has 54 heavy (non-hydrogen) atoms. The first kappa shape index (κ1) is 24.9. The molecular formula is C52H35NO. The van der Waals surface area contributed by atoms with Crippen LogP contribution >= 0.6 is 0 Å². The zero-order chi connectivity index (χ0) is 41.9. The smallest absolute Gasteiger partial charge is 0.159 e. The molecule has 0 radical (unpaired) electrons. The van der Waals surface area contributed by atoms with Crippen LogP contribution in [0.3, 0.4) is 0 Å². The van der Waals surface area contributed by atoms with E-state index in [1.807, 2.05) is 60.7 Å². The van der Waals surface area contributed by atoms with Crippen molar-refractivity contribution >= 4 is 49.8 Å². The first-order valence-corrected chi connectivity index (χ1v) is 17.9. The van der Waals surface area contributed by atoms with E-state index in [-0.39, 0.29) is 28.4 Å². The molecule has 2 heteroatoms. The third kappa shape index (κ3) is 5.62. The summed E-state index contributed by atoms with van der Waals surface area (Å²) in [7, 11) is 0. The van der Waals surface area contributed by atoms with Crippen LogP contribution in [0.5, 0.6) is 0 Å². The highest BCUT2D eigenvalue weighted by Gasteiger charge is 2.20. The van der Waals surface area contributed by atoms with Crippen molar-refractivity contribution in [3.63, 3.8) is 0 Å². The molecule has 0 aliphatic rings. The summed E-state index contributed by atoms with van der Waals surface area (Å²) in [5.74, 6) is 0. The van der Waals surface area contributed by atoms with Crippen molar-refractivity contribution in [1.29, 1.82) is 0 Å². The number of furan rings is 1. The van der Waals surface area contributed by atoms with Gasteiger partial charge in [-0.1, -0.05) is 170 Å². The summed E-state index contributed by atoms with van der Waals surface area (Å²) in [4.78, 5) is 2.11. The Kier molecular flexibility index (Phi) is 6.20. The highest BCUT2D eigenvalue weighted by molar-refractivity contribution is 6.10. The fourth-order valence-electron chi connectivity index (χ4n) is 7.39. The molecule has 0 aliphatic carbocycles. The van der Waals surface area contributed by atoms with Crippen molar-refractivity contribution in [2.75, 3.05) is 4.90 Å². The predicted molar refractivity (Wildman–Crippen MR) is 228 cm³/mol. The highest BCUT2D eigenvalue weighted by atomic mass is 16.3. The summed E-state index contributed by atoms with van der Waals surface area (Å²) in [6, 6.07) is 54.5. The summed E-state index contributed by atoms with van der Waals surface area (Å²) < 4.78 is 66.6. The second kappa shape index (κ2) is 13.4. The standard InChI is InChI=1S/C52H35NO/c1-3-13-37(14-4-1)46-34-29-41(35-49(46)39-15-5-2-6-16-39)36-25-30-42(31-26-36)53(50-23-12-22-48-47-20-9-10-24-51(47)54-52(48)50)43-32-27-40(28-33-43)45-21-11-18-38-17-7-8-19-44(38)45/h1-35H/i7D,8D,11D,17D,18D,19D,21D. The maximum atomic E-state index is 8.92. The lowest BCUT2D eigenvalue weighted by molar-refractivity contribution is 0.669. The SMILES string of the molecule is [2H]c1c([2H])c([2H])c2c(-c3ccc(N(c4ccc(-c5ccc(-c6ccccc6)c(-c6ccccc6)c5)cc4)c4cccc5c4oc4ccccc45)cc3)c([2H])c([2H])c([2H])c2c1[2H]. The Morgan fingerprint density at radius 1 is 0.389 bits per heavy atom. The Bertz CT molecular complexity index is 3300. The van der Waals surface area contributed by atoms with Gasteiger partial charge in [-0.05, 0) is 97.7 Å². The van der Waals surface area contributed by atoms with Gasteiger partial charge in [-0.15, -0.1) is 0 Å². The van der Waals surface area contributed by atoms with Crippen molar-refractivity contribution in [3.05, 3.63) is 212 Å². The van der Waals surface area contributed by atoms with Gasteiger partial charge in [-0.2, -0.15) is 0 Å². The van der Waals surface area contributed by atoms with Gasteiger partial charge in [0.25, 0.3) is 0 Å². The van der Waals surface area contributed by atoms with Crippen LogP contribution in [0.15, 0.2) is 217 Å². The van der Waals surface area contributed by atoms with Gasteiger partial charge in [0.05, 0.1) is 15.3 Å². The normalized spacial score (nSPS) is 13.1. The maximum Gasteiger partial charge on any atom is 0.159 e. The van der Waals surface area contributed by atoms with Crippen molar-refractivity contribution in [3.8, 4) is 44.5 Å². The minimum Gasteiger partial charge on any atom is -0.454 e. The summed E-state index contributed by atoms with van der Waals surface area (Å²) in [6.45, 7) is 0. The summed E-state index contributed by atoms with van der Waals surface area (Å²) in [6.07, 6.45) is 0. The quantitative estimate of drug-likeness (QED) is 0.165. The van der Waals surface area contributed by atoms with Crippen LogP contribution in [0.4, 0.5) is 17.1 Å². The number of anilines is 3. The summed E-state index contributed by atoms with van der Waals surface area (Å²) >= 11 is 0. The molecule has 1 heterocycles. The monoisotopic (exact) mass is 696 g/mol. The third-order valence-electron chi connectivity index (χ3n) is 10.00. The minimum atomic E-state index is -0.480. The molecule has 0 saturated heterocycles. The lowest BCUT2D eigenvalue weighted by Crippen LogP contribution is -2.10. The molecule has 0 saturated carbocycles. The molecule has 0 fully saturated rings. The number of rotatable bonds is 7. The predicted octanol–water partition coefficient (Wildman–Crippen LogP) is 14.9. The molecular weight excluding hydrogens is 655 g/mol. The fraction of sp³-hybridized carbons (Fsp3) is 0. The Morgan fingerprint density at radius 2 is 0.981 bits per heavy atom. The third-order valence-corrected chi connectivity index (χ3v) is 10.00. The van der Waals surface area contributed by atoms with E-state index in [0.717, 1.165) is 66.8 Å². The van der Waals surface area contributed by atoms with Gasteiger partial charge < -0.3 is 9.32 Å². The van der Waals surface area contributed by atoms with Crippen molar-refractivity contribution < 1.29 is 14.0 Å². The average molecular weight is 697 g/mol. The molecule has 10 rings (SSSR count). The molecule has 0 bridgehead atoms. The van der Waals surface area contributed by atoms with E-state index in [4.69, 9.17) is 14.0 Å². The van der Waals surface area contributed by atoms with E-state index in [0.29, 0.717) is 11.1 Å². The number of nitrogens with zero attached hydrogens (tertiary/aromatic N) is 1. The molecule has 0 N–H and O–H groups in total. The van der Waals surface area contributed by atoms with Crippen LogP contribution in [0.25, 0.3) is 77.2 Å². The van der Waals surface area contributed by atoms with E-state index < -0.39 is 30.2 Å². The highest BCUT2D eigenvalue weighted by Crippen LogP contribution is 2.43. The molecule has 0 spiro atoms. The van der Waals surface area contributed by atoms with E-state index in [2.05, 4.69) is 102 Å². The van der Waals surface area contributed by atoms with Crippen molar-refractivity contribution in [1.82, 2.24) is 0 Å². The second-order valence-electron chi connectivity index (χ2n) is 13.2. The van der Waals surface area contributed by atoms with Crippen molar-refractivity contribution in [2.24, 2.45) is 0 Å². The molecule has 0 amide bonds. The molecule has 254 valence electrons. The van der Waals surface area contributed by atoms with Gasteiger partial charge >= 0.3 is 0 Å². The Labute approximate surface area is 324 Å². The molecule has 2 nitrogen and oxygen atoms in total. The van der Waals surface area contributed by atoms with E-state index >= 15 is 0 Å². The lowest BCUT2D eigenvalue weighted by atomic mass is 9.91. The largest absolute Gasteiger partial charge is 0.454 e. The van der Waals surface area contributed by atoms with E-state index in [9.17, 15) is 0 Å². The first-order valence-electron chi connectivity index (χ1n) is 21.4. The van der Waals surface area contributed by atoms with Crippen LogP contribution < -0.4 is 4.90 Å². The number of hydrogen-bond acceptors (Lipinski definition) is 2. The number of para-hydroxylation sites is 2. The molecule has 0 aliphatic heterocycles. The topological polar surface area (TPSA) is 16.4 Å². The lowest BCUT2D eigenvalue weighted by Gasteiger charge is -2.26. The van der Waals surface area contributed by atoms with Gasteiger partial charge in [0.15, 0.2) is 5.58 Å². The van der Waals surface area contributed by atoms with Crippen LogP contribution in [-0.2, 0) is 0 Å². The molecule has 9 aromatic carbocycles. The number of hydrogen-bond donors (Lipinski definition) is 0.